The molecule has 0 aromatic rings. The second kappa shape index (κ2) is 9.60. The number of hydrogen-bond donors (Lipinski definition) is 2. The maximum Gasteiger partial charge on any atom is 0.166 e. The molecule has 0 aromatic heterocycles. The van der Waals surface area contributed by atoms with E-state index in [-0.39, 0.29) is 0 Å². The van der Waals surface area contributed by atoms with Crippen molar-refractivity contribution in [1.82, 2.24) is 15.5 Å². The van der Waals surface area contributed by atoms with Gasteiger partial charge in [0.15, 0.2) is 5.11 Å². The molecule has 0 radical (unpaired) electrons. The van der Waals surface area contributed by atoms with Gasteiger partial charge in [-0.05, 0) is 101 Å². The van der Waals surface area contributed by atoms with Gasteiger partial charge in [-0.2, -0.15) is 0 Å². The lowest BCUT2D eigenvalue weighted by molar-refractivity contribution is -0.0106. The van der Waals surface area contributed by atoms with Crippen LogP contribution in [-0.2, 0) is 9.47 Å². The number of hydrogen-bond acceptors (Lipinski definition) is 4. The molecule has 6 fully saturated rings. The fourth-order valence-corrected chi connectivity index (χ4v) is 7.90. The van der Waals surface area contributed by atoms with Gasteiger partial charge in [0.25, 0.3) is 0 Å². The predicted molar refractivity (Wildman–Crippen MR) is 124 cm³/mol. The molecule has 6 aliphatic rings. The third kappa shape index (κ3) is 5.31. The van der Waals surface area contributed by atoms with Crippen molar-refractivity contribution < 1.29 is 9.47 Å². The van der Waals surface area contributed by atoms with Crippen LogP contribution >= 0.6 is 12.2 Å². The average Bonchev–Trinajstić information content (AvgIpc) is 2.71. The summed E-state index contributed by atoms with van der Waals surface area (Å²) in [5, 5.41) is 8.44. The summed E-state index contributed by atoms with van der Waals surface area (Å²) in [5.41, 5.74) is 0.308. The number of thiocarbonyl (C=S) groups is 1. The molecule has 6 rings (SSSR count). The van der Waals surface area contributed by atoms with Crippen LogP contribution in [0.25, 0.3) is 0 Å². The van der Waals surface area contributed by atoms with E-state index in [0.717, 1.165) is 75.2 Å². The zero-order valence-electron chi connectivity index (χ0n) is 18.6. The number of rotatable bonds is 7. The first-order valence-electron chi connectivity index (χ1n) is 12.7. The monoisotopic (exact) mass is 435 g/mol. The van der Waals surface area contributed by atoms with E-state index in [9.17, 15) is 0 Å². The Morgan fingerprint density at radius 3 is 2.40 bits per heavy atom. The molecule has 2 unspecified atom stereocenters. The number of nitrogens with zero attached hydrogens (tertiary/aromatic N) is 1. The summed E-state index contributed by atoms with van der Waals surface area (Å²) in [7, 11) is 0. The molecule has 4 bridgehead atoms. The molecule has 5 saturated carbocycles. The minimum Gasteiger partial charge on any atom is -0.379 e. The molecule has 2 N–H and O–H groups in total. The summed E-state index contributed by atoms with van der Waals surface area (Å²) in [4.78, 5) is 2.49. The summed E-state index contributed by atoms with van der Waals surface area (Å²) in [6, 6.07) is 0.469. The van der Waals surface area contributed by atoms with Crippen molar-refractivity contribution in [3.05, 3.63) is 0 Å². The van der Waals surface area contributed by atoms with Crippen molar-refractivity contribution in [2.24, 2.45) is 17.8 Å². The summed E-state index contributed by atoms with van der Waals surface area (Å²) < 4.78 is 11.7. The van der Waals surface area contributed by atoms with Crippen LogP contribution in [0.3, 0.4) is 0 Å². The highest BCUT2D eigenvalue weighted by Crippen LogP contribution is 2.55. The highest BCUT2D eigenvalue weighted by molar-refractivity contribution is 7.80. The average molecular weight is 436 g/mol. The highest BCUT2D eigenvalue weighted by Gasteiger charge is 2.51. The standard InChI is InChI=1S/C24H41N3O2S/c30-23(26-24-15-18-11-19(16-24)13-20(12-18)17-24)25-21-3-1-4-22(14-21)29-8-2-5-27-6-9-28-10-7-27/h18-22H,1-17H2,(H2,25,26,30). The Hall–Kier alpha value is -0.430. The van der Waals surface area contributed by atoms with E-state index in [0.29, 0.717) is 17.7 Å². The number of ether oxygens (including phenoxy) is 2. The van der Waals surface area contributed by atoms with Crippen LogP contribution in [0.1, 0.15) is 70.6 Å². The van der Waals surface area contributed by atoms with E-state index >= 15 is 0 Å². The topological polar surface area (TPSA) is 45.8 Å². The van der Waals surface area contributed by atoms with Crippen LogP contribution in [0.2, 0.25) is 0 Å². The lowest BCUT2D eigenvalue weighted by Crippen LogP contribution is -2.62. The summed E-state index contributed by atoms with van der Waals surface area (Å²) in [5.74, 6) is 2.87. The molecular weight excluding hydrogens is 394 g/mol. The molecule has 5 aliphatic carbocycles. The van der Waals surface area contributed by atoms with Gasteiger partial charge in [-0.25, -0.2) is 0 Å². The van der Waals surface area contributed by atoms with Crippen LogP contribution in [0.4, 0.5) is 0 Å². The molecule has 1 aliphatic heterocycles. The highest BCUT2D eigenvalue weighted by atomic mass is 32.1. The molecule has 6 heteroatoms. The van der Waals surface area contributed by atoms with Gasteiger partial charge in [-0.1, -0.05) is 0 Å². The van der Waals surface area contributed by atoms with Crippen LogP contribution < -0.4 is 10.6 Å². The maximum atomic E-state index is 6.26. The fraction of sp³-hybridized carbons (Fsp3) is 0.958. The molecular formula is C24H41N3O2S. The molecule has 0 amide bonds. The molecule has 2 atom stereocenters. The Morgan fingerprint density at radius 1 is 1.00 bits per heavy atom. The lowest BCUT2D eigenvalue weighted by Gasteiger charge is -2.57. The lowest BCUT2D eigenvalue weighted by atomic mass is 9.53. The first kappa shape index (κ1) is 21.4. The largest absolute Gasteiger partial charge is 0.379 e. The zero-order chi connectivity index (χ0) is 20.4. The van der Waals surface area contributed by atoms with Gasteiger partial charge in [-0.3, -0.25) is 4.90 Å². The van der Waals surface area contributed by atoms with Gasteiger partial charge in [0, 0.05) is 37.8 Å². The number of morpholine rings is 1. The Bertz CT molecular complexity index is 560. The van der Waals surface area contributed by atoms with Gasteiger partial charge in [-0.15, -0.1) is 0 Å². The van der Waals surface area contributed by atoms with Crippen molar-refractivity contribution in [2.75, 3.05) is 39.5 Å². The third-order valence-corrected chi connectivity index (χ3v) is 8.67. The Balaban J connectivity index is 1.02. The quantitative estimate of drug-likeness (QED) is 0.472. The molecule has 30 heavy (non-hydrogen) atoms. The second-order valence-corrected chi connectivity index (χ2v) is 11.4. The summed E-state index contributed by atoms with van der Waals surface area (Å²) >= 11 is 5.81. The van der Waals surface area contributed by atoms with Gasteiger partial charge in [0.2, 0.25) is 0 Å². The molecule has 0 spiro atoms. The Labute approximate surface area is 188 Å². The van der Waals surface area contributed by atoms with Crippen molar-refractivity contribution in [3.63, 3.8) is 0 Å². The van der Waals surface area contributed by atoms with Crippen LogP contribution in [0.5, 0.6) is 0 Å². The zero-order valence-corrected chi connectivity index (χ0v) is 19.4. The first-order valence-corrected chi connectivity index (χ1v) is 13.1. The summed E-state index contributed by atoms with van der Waals surface area (Å²) in [6.45, 7) is 5.93. The first-order chi connectivity index (χ1) is 14.7. The molecule has 0 aromatic carbocycles. The number of nitrogens with one attached hydrogen (secondary N) is 2. The van der Waals surface area contributed by atoms with E-state index in [1.54, 1.807) is 0 Å². The summed E-state index contributed by atoms with van der Waals surface area (Å²) in [6.07, 6.45) is 14.8. The van der Waals surface area contributed by atoms with Crippen LogP contribution in [0.15, 0.2) is 0 Å². The normalized spacial score (nSPS) is 41.0. The predicted octanol–water partition coefficient (Wildman–Crippen LogP) is 3.47. The van der Waals surface area contributed by atoms with Crippen molar-refractivity contribution in [2.45, 2.75) is 88.3 Å². The van der Waals surface area contributed by atoms with Crippen molar-refractivity contribution in [1.29, 1.82) is 0 Å². The van der Waals surface area contributed by atoms with Gasteiger partial charge >= 0.3 is 0 Å². The van der Waals surface area contributed by atoms with Gasteiger partial charge in [0.1, 0.15) is 0 Å². The third-order valence-electron chi connectivity index (χ3n) is 8.45. The minimum atomic E-state index is 0.308. The Morgan fingerprint density at radius 2 is 1.70 bits per heavy atom. The Kier molecular flexibility index (Phi) is 6.85. The SMILES string of the molecule is S=C(NC1CCCC(OCCCN2CCOCC2)C1)NC12CC3CC(CC(C3)C1)C2. The molecule has 170 valence electrons. The van der Waals surface area contributed by atoms with Crippen molar-refractivity contribution in [3.8, 4) is 0 Å². The van der Waals surface area contributed by atoms with E-state index < -0.39 is 0 Å². The smallest absolute Gasteiger partial charge is 0.166 e. The van der Waals surface area contributed by atoms with E-state index in [1.165, 1.54) is 57.8 Å². The van der Waals surface area contributed by atoms with Gasteiger partial charge < -0.3 is 20.1 Å². The maximum absolute atomic E-state index is 6.26. The van der Waals surface area contributed by atoms with Gasteiger partial charge in [0.05, 0.1) is 19.3 Å². The van der Waals surface area contributed by atoms with Crippen molar-refractivity contribution >= 4 is 17.3 Å². The van der Waals surface area contributed by atoms with E-state index in [1.807, 2.05) is 0 Å². The van der Waals surface area contributed by atoms with E-state index in [2.05, 4.69) is 15.5 Å². The molecule has 1 saturated heterocycles. The van der Waals surface area contributed by atoms with Crippen LogP contribution in [-0.4, -0.2) is 67.2 Å². The molecule has 5 nitrogen and oxygen atoms in total. The fourth-order valence-electron chi connectivity index (χ4n) is 7.52. The second-order valence-electron chi connectivity index (χ2n) is 11.0. The molecule has 1 heterocycles. The van der Waals surface area contributed by atoms with E-state index in [4.69, 9.17) is 21.7 Å². The minimum absolute atomic E-state index is 0.308. The van der Waals surface area contributed by atoms with Crippen LogP contribution in [0, 0.1) is 17.8 Å².